The van der Waals surface area contributed by atoms with Gasteiger partial charge in [0, 0.05) is 6.54 Å². The molecule has 0 bridgehead atoms. The Morgan fingerprint density at radius 1 is 0.826 bits per heavy atom. The van der Waals surface area contributed by atoms with Gasteiger partial charge in [-0.2, -0.15) is 0 Å². The molecule has 0 aliphatic heterocycles. The summed E-state index contributed by atoms with van der Waals surface area (Å²) in [5.74, 6) is -2.14. The number of hydrogen-bond donors (Lipinski definition) is 3. The largest absolute Gasteiger partial charge is 0.478 e. The number of nitrogens with one attached hydrogen (secondary N) is 2. The summed E-state index contributed by atoms with van der Waals surface area (Å²) in [4.78, 5) is 34.8. The summed E-state index contributed by atoms with van der Waals surface area (Å²) >= 11 is 0. The Bertz CT molecular complexity index is 714. The standard InChI is InChI=1S/C17H16N2O4/c20-15(18-10-12-6-2-1-3-7-12)11-19-16(21)13-8-4-5-9-14(13)17(22)23/h1-9H,10-11H2,(H,18,20)(H,19,21)(H,22,23). The van der Waals surface area contributed by atoms with Crippen LogP contribution in [0.2, 0.25) is 0 Å². The van der Waals surface area contributed by atoms with E-state index in [4.69, 9.17) is 5.11 Å². The molecular weight excluding hydrogens is 296 g/mol. The molecule has 0 aliphatic rings. The molecule has 0 saturated carbocycles. The van der Waals surface area contributed by atoms with Crippen molar-refractivity contribution >= 4 is 17.8 Å². The average Bonchev–Trinajstić information content (AvgIpc) is 2.58. The van der Waals surface area contributed by atoms with Crippen molar-refractivity contribution in [3.63, 3.8) is 0 Å². The van der Waals surface area contributed by atoms with E-state index in [-0.39, 0.29) is 23.6 Å². The van der Waals surface area contributed by atoms with Crippen LogP contribution in [0.4, 0.5) is 0 Å². The van der Waals surface area contributed by atoms with Crippen molar-refractivity contribution in [2.75, 3.05) is 6.54 Å². The van der Waals surface area contributed by atoms with Gasteiger partial charge in [0.1, 0.15) is 0 Å². The van der Waals surface area contributed by atoms with E-state index < -0.39 is 11.9 Å². The molecular formula is C17H16N2O4. The Labute approximate surface area is 133 Å². The number of carbonyl (C=O) groups is 3. The van der Waals surface area contributed by atoms with Gasteiger partial charge in [0.05, 0.1) is 17.7 Å². The maximum absolute atomic E-state index is 12.0. The second-order valence-electron chi connectivity index (χ2n) is 4.80. The number of rotatable bonds is 6. The molecule has 23 heavy (non-hydrogen) atoms. The first kappa shape index (κ1) is 16.2. The zero-order chi connectivity index (χ0) is 16.7. The molecule has 0 atom stereocenters. The number of aromatic carboxylic acids is 1. The van der Waals surface area contributed by atoms with Gasteiger partial charge < -0.3 is 15.7 Å². The van der Waals surface area contributed by atoms with Gasteiger partial charge in [0.15, 0.2) is 0 Å². The van der Waals surface area contributed by atoms with E-state index in [2.05, 4.69) is 10.6 Å². The summed E-state index contributed by atoms with van der Waals surface area (Å²) in [6.45, 7) is 0.140. The molecule has 3 N–H and O–H groups in total. The van der Waals surface area contributed by atoms with Crippen LogP contribution in [0.1, 0.15) is 26.3 Å². The summed E-state index contributed by atoms with van der Waals surface area (Å²) in [5.41, 5.74) is 0.869. The highest BCUT2D eigenvalue weighted by Crippen LogP contribution is 2.08. The fourth-order valence-corrected chi connectivity index (χ4v) is 1.98. The lowest BCUT2D eigenvalue weighted by Crippen LogP contribution is -2.37. The van der Waals surface area contributed by atoms with Crippen LogP contribution in [-0.2, 0) is 11.3 Å². The maximum atomic E-state index is 12.0. The molecule has 0 aliphatic carbocycles. The van der Waals surface area contributed by atoms with Crippen molar-refractivity contribution in [1.82, 2.24) is 10.6 Å². The maximum Gasteiger partial charge on any atom is 0.336 e. The van der Waals surface area contributed by atoms with Crippen LogP contribution in [-0.4, -0.2) is 29.4 Å². The van der Waals surface area contributed by atoms with Crippen molar-refractivity contribution in [3.8, 4) is 0 Å². The molecule has 118 valence electrons. The molecule has 6 heteroatoms. The van der Waals surface area contributed by atoms with Crippen molar-refractivity contribution in [1.29, 1.82) is 0 Å². The molecule has 0 saturated heterocycles. The lowest BCUT2D eigenvalue weighted by molar-refractivity contribution is -0.120. The minimum atomic E-state index is -1.19. The molecule has 0 spiro atoms. The average molecular weight is 312 g/mol. The summed E-state index contributed by atoms with van der Waals surface area (Å²) in [7, 11) is 0. The van der Waals surface area contributed by atoms with Crippen LogP contribution in [0.5, 0.6) is 0 Å². The molecule has 0 aromatic heterocycles. The fourth-order valence-electron chi connectivity index (χ4n) is 1.98. The van der Waals surface area contributed by atoms with Crippen molar-refractivity contribution < 1.29 is 19.5 Å². The monoisotopic (exact) mass is 312 g/mol. The first-order valence-electron chi connectivity index (χ1n) is 6.99. The zero-order valence-electron chi connectivity index (χ0n) is 12.3. The fraction of sp³-hybridized carbons (Fsp3) is 0.118. The Morgan fingerprint density at radius 3 is 2.09 bits per heavy atom. The third-order valence-corrected chi connectivity index (χ3v) is 3.14. The van der Waals surface area contributed by atoms with E-state index in [9.17, 15) is 14.4 Å². The summed E-state index contributed by atoms with van der Waals surface area (Å²) in [6, 6.07) is 15.2. The second kappa shape index (κ2) is 7.74. The van der Waals surface area contributed by atoms with Crippen LogP contribution in [0.3, 0.4) is 0 Å². The Hall–Kier alpha value is -3.15. The highest BCUT2D eigenvalue weighted by Gasteiger charge is 2.16. The van der Waals surface area contributed by atoms with Crippen LogP contribution < -0.4 is 10.6 Å². The van der Waals surface area contributed by atoms with Crippen molar-refractivity contribution in [2.24, 2.45) is 0 Å². The Balaban J connectivity index is 1.87. The number of carbonyl (C=O) groups excluding carboxylic acids is 2. The van der Waals surface area contributed by atoms with Gasteiger partial charge in [-0.1, -0.05) is 42.5 Å². The second-order valence-corrected chi connectivity index (χ2v) is 4.80. The molecule has 2 rings (SSSR count). The van der Waals surface area contributed by atoms with Gasteiger partial charge >= 0.3 is 5.97 Å². The van der Waals surface area contributed by atoms with Gasteiger partial charge in [-0.25, -0.2) is 4.79 Å². The molecule has 2 aromatic carbocycles. The van der Waals surface area contributed by atoms with E-state index in [0.717, 1.165) is 5.56 Å². The highest BCUT2D eigenvalue weighted by atomic mass is 16.4. The molecule has 6 nitrogen and oxygen atoms in total. The SMILES string of the molecule is O=C(CNC(=O)c1ccccc1C(=O)O)NCc1ccccc1. The van der Waals surface area contributed by atoms with Gasteiger partial charge in [-0.05, 0) is 17.7 Å². The first-order valence-corrected chi connectivity index (χ1v) is 6.99. The Morgan fingerprint density at radius 2 is 1.43 bits per heavy atom. The normalized spacial score (nSPS) is 9.91. The number of amides is 2. The van der Waals surface area contributed by atoms with E-state index in [0.29, 0.717) is 6.54 Å². The van der Waals surface area contributed by atoms with Gasteiger partial charge in [-0.3, -0.25) is 9.59 Å². The number of benzene rings is 2. The molecule has 0 radical (unpaired) electrons. The van der Waals surface area contributed by atoms with Gasteiger partial charge in [-0.15, -0.1) is 0 Å². The molecule has 2 amide bonds. The molecule has 2 aromatic rings. The lowest BCUT2D eigenvalue weighted by Gasteiger charge is -2.08. The van der Waals surface area contributed by atoms with Gasteiger partial charge in [0.25, 0.3) is 5.91 Å². The zero-order valence-corrected chi connectivity index (χ0v) is 12.3. The predicted octanol–water partition coefficient (Wildman–Crippen LogP) is 1.43. The van der Waals surface area contributed by atoms with Crippen LogP contribution >= 0.6 is 0 Å². The van der Waals surface area contributed by atoms with E-state index in [1.165, 1.54) is 18.2 Å². The van der Waals surface area contributed by atoms with E-state index in [1.807, 2.05) is 30.3 Å². The van der Waals surface area contributed by atoms with Gasteiger partial charge in [0.2, 0.25) is 5.91 Å². The number of hydrogen-bond acceptors (Lipinski definition) is 3. The quantitative estimate of drug-likeness (QED) is 0.752. The van der Waals surface area contributed by atoms with Crippen molar-refractivity contribution in [2.45, 2.75) is 6.54 Å². The topological polar surface area (TPSA) is 95.5 Å². The van der Waals surface area contributed by atoms with Crippen molar-refractivity contribution in [3.05, 3.63) is 71.3 Å². The molecule has 0 unspecified atom stereocenters. The summed E-state index contributed by atoms with van der Waals surface area (Å²) in [5, 5.41) is 14.1. The molecule has 0 fully saturated rings. The predicted molar refractivity (Wildman–Crippen MR) is 84.0 cm³/mol. The van der Waals surface area contributed by atoms with E-state index >= 15 is 0 Å². The minimum absolute atomic E-state index is 0.0239. The third kappa shape index (κ3) is 4.67. The first-order chi connectivity index (χ1) is 11.1. The molecule has 0 heterocycles. The number of carboxylic acids is 1. The van der Waals surface area contributed by atoms with Crippen LogP contribution in [0, 0.1) is 0 Å². The van der Waals surface area contributed by atoms with Crippen LogP contribution in [0.15, 0.2) is 54.6 Å². The minimum Gasteiger partial charge on any atom is -0.478 e. The third-order valence-electron chi connectivity index (χ3n) is 3.14. The lowest BCUT2D eigenvalue weighted by atomic mass is 10.1. The summed E-state index contributed by atoms with van der Waals surface area (Å²) in [6.07, 6.45) is 0. The summed E-state index contributed by atoms with van der Waals surface area (Å²) < 4.78 is 0. The van der Waals surface area contributed by atoms with E-state index in [1.54, 1.807) is 6.07 Å². The Kier molecular flexibility index (Phi) is 5.46. The smallest absolute Gasteiger partial charge is 0.336 e. The highest BCUT2D eigenvalue weighted by molar-refractivity contribution is 6.05. The van der Waals surface area contributed by atoms with Crippen LogP contribution in [0.25, 0.3) is 0 Å². The number of carboxylic acid groups (broad SMARTS) is 1.